The van der Waals surface area contributed by atoms with Crippen LogP contribution in [0.25, 0.3) is 0 Å². The van der Waals surface area contributed by atoms with E-state index < -0.39 is 0 Å². The van der Waals surface area contributed by atoms with Crippen molar-refractivity contribution in [3.8, 4) is 0 Å². The van der Waals surface area contributed by atoms with E-state index >= 15 is 0 Å². The fourth-order valence-corrected chi connectivity index (χ4v) is 2.04. The Kier molecular flexibility index (Phi) is 6.26. The summed E-state index contributed by atoms with van der Waals surface area (Å²) in [5, 5.41) is 3.51. The summed E-state index contributed by atoms with van der Waals surface area (Å²) in [5.74, 6) is 1.99. The minimum absolute atomic E-state index is 0.991. The second-order valence-corrected chi connectivity index (χ2v) is 5.19. The highest BCUT2D eigenvalue weighted by Gasteiger charge is 2.32. The fraction of sp³-hybridized carbons (Fsp3) is 1.00. The monoisotopic (exact) mass is 212 g/mol. The highest BCUT2D eigenvalue weighted by atomic mass is 15.1. The van der Waals surface area contributed by atoms with Crippen molar-refractivity contribution in [3.63, 3.8) is 0 Å². The molecule has 0 heterocycles. The molecule has 0 spiro atoms. The lowest BCUT2D eigenvalue weighted by atomic mass is 10.2. The molecule has 15 heavy (non-hydrogen) atoms. The van der Waals surface area contributed by atoms with Gasteiger partial charge in [-0.05, 0) is 38.3 Å². The van der Waals surface area contributed by atoms with Crippen LogP contribution in [-0.2, 0) is 0 Å². The minimum atomic E-state index is 0.991. The summed E-state index contributed by atoms with van der Waals surface area (Å²) in [6, 6.07) is 0. The van der Waals surface area contributed by atoms with Gasteiger partial charge in [0.05, 0.1) is 0 Å². The van der Waals surface area contributed by atoms with E-state index in [1.165, 1.54) is 45.3 Å². The van der Waals surface area contributed by atoms with Gasteiger partial charge >= 0.3 is 0 Å². The van der Waals surface area contributed by atoms with Crippen LogP contribution >= 0.6 is 0 Å². The number of unbranched alkanes of at least 4 members (excludes halogenated alkanes) is 2. The van der Waals surface area contributed by atoms with Crippen LogP contribution in [0.2, 0.25) is 0 Å². The van der Waals surface area contributed by atoms with E-state index in [0.29, 0.717) is 0 Å². The minimum Gasteiger partial charge on any atom is -0.315 e. The number of nitrogens with one attached hydrogen (secondary N) is 1. The lowest BCUT2D eigenvalue weighted by molar-refractivity contribution is 0.313. The molecule has 1 rings (SSSR count). The molecule has 2 atom stereocenters. The first-order valence-corrected chi connectivity index (χ1v) is 6.63. The van der Waals surface area contributed by atoms with Gasteiger partial charge in [0.2, 0.25) is 0 Å². The van der Waals surface area contributed by atoms with Gasteiger partial charge in [-0.25, -0.2) is 0 Å². The van der Waals surface area contributed by atoms with E-state index in [4.69, 9.17) is 0 Å². The normalized spacial score (nSPS) is 24.8. The molecule has 1 fully saturated rings. The van der Waals surface area contributed by atoms with Gasteiger partial charge in [-0.3, -0.25) is 0 Å². The Morgan fingerprint density at radius 1 is 1.27 bits per heavy atom. The molecule has 1 saturated carbocycles. The van der Waals surface area contributed by atoms with Gasteiger partial charge in [0, 0.05) is 19.6 Å². The molecule has 0 aliphatic heterocycles. The van der Waals surface area contributed by atoms with Crippen LogP contribution in [0.4, 0.5) is 0 Å². The van der Waals surface area contributed by atoms with Gasteiger partial charge in [0.25, 0.3) is 0 Å². The lowest BCUT2D eigenvalue weighted by Crippen LogP contribution is -2.31. The highest BCUT2D eigenvalue weighted by Crippen LogP contribution is 2.37. The topological polar surface area (TPSA) is 15.3 Å². The van der Waals surface area contributed by atoms with Gasteiger partial charge in [-0.2, -0.15) is 0 Å². The number of nitrogens with zero attached hydrogens (tertiary/aromatic N) is 1. The molecule has 0 aromatic carbocycles. The molecule has 0 amide bonds. The molecule has 2 nitrogen and oxygen atoms in total. The second kappa shape index (κ2) is 7.24. The van der Waals surface area contributed by atoms with Gasteiger partial charge < -0.3 is 10.2 Å². The Morgan fingerprint density at radius 2 is 2.00 bits per heavy atom. The molecule has 0 aromatic heterocycles. The smallest absolute Gasteiger partial charge is 0.0104 e. The average molecular weight is 212 g/mol. The third-order valence-electron chi connectivity index (χ3n) is 3.45. The van der Waals surface area contributed by atoms with E-state index in [1.807, 2.05) is 0 Å². The summed E-state index contributed by atoms with van der Waals surface area (Å²) in [7, 11) is 2.25. The Morgan fingerprint density at radius 3 is 2.60 bits per heavy atom. The molecular formula is C13H28N2. The van der Waals surface area contributed by atoms with Crippen LogP contribution in [0, 0.1) is 11.8 Å². The predicted molar refractivity (Wildman–Crippen MR) is 67.2 cm³/mol. The average Bonchev–Trinajstić information content (AvgIpc) is 2.88. The summed E-state index contributed by atoms with van der Waals surface area (Å²) in [5.41, 5.74) is 0. The van der Waals surface area contributed by atoms with Crippen molar-refractivity contribution in [1.82, 2.24) is 10.2 Å². The van der Waals surface area contributed by atoms with E-state index in [1.54, 1.807) is 0 Å². The van der Waals surface area contributed by atoms with Crippen LogP contribution in [0.5, 0.6) is 0 Å². The molecular weight excluding hydrogens is 184 g/mol. The molecule has 90 valence electrons. The van der Waals surface area contributed by atoms with Gasteiger partial charge in [0.15, 0.2) is 0 Å². The first kappa shape index (κ1) is 13.0. The van der Waals surface area contributed by atoms with Gasteiger partial charge in [0.1, 0.15) is 0 Å². The third-order valence-corrected chi connectivity index (χ3v) is 3.45. The first-order valence-electron chi connectivity index (χ1n) is 6.63. The van der Waals surface area contributed by atoms with Crippen LogP contribution < -0.4 is 5.32 Å². The molecule has 1 N–H and O–H groups in total. The quantitative estimate of drug-likeness (QED) is 0.590. The van der Waals surface area contributed by atoms with E-state index in [0.717, 1.165) is 18.4 Å². The summed E-state index contributed by atoms with van der Waals surface area (Å²) in [4.78, 5) is 2.47. The number of hydrogen-bond acceptors (Lipinski definition) is 2. The lowest BCUT2D eigenvalue weighted by Gasteiger charge is -2.16. The summed E-state index contributed by atoms with van der Waals surface area (Å²) in [6.07, 6.45) is 5.47. The molecule has 1 aliphatic carbocycles. The Hall–Kier alpha value is -0.0800. The maximum Gasteiger partial charge on any atom is 0.0104 e. The summed E-state index contributed by atoms with van der Waals surface area (Å²) >= 11 is 0. The van der Waals surface area contributed by atoms with Gasteiger partial charge in [-0.1, -0.05) is 26.7 Å². The largest absolute Gasteiger partial charge is 0.315 e. The van der Waals surface area contributed by atoms with Crippen molar-refractivity contribution in [2.45, 2.75) is 39.5 Å². The van der Waals surface area contributed by atoms with Crippen LogP contribution in [0.1, 0.15) is 39.5 Å². The maximum absolute atomic E-state index is 3.51. The van der Waals surface area contributed by atoms with Crippen LogP contribution in [0.3, 0.4) is 0 Å². The van der Waals surface area contributed by atoms with E-state index in [-0.39, 0.29) is 0 Å². The SMILES string of the molecule is CCCCCNCCN(C)CC1CC1C. The van der Waals surface area contributed by atoms with Crippen molar-refractivity contribution in [2.24, 2.45) is 11.8 Å². The zero-order valence-electron chi connectivity index (χ0n) is 10.8. The molecule has 0 saturated heterocycles. The Bertz CT molecular complexity index is 159. The van der Waals surface area contributed by atoms with Crippen molar-refractivity contribution < 1.29 is 0 Å². The maximum atomic E-state index is 3.51. The molecule has 0 radical (unpaired) electrons. The number of hydrogen-bond donors (Lipinski definition) is 1. The van der Waals surface area contributed by atoms with E-state index in [9.17, 15) is 0 Å². The highest BCUT2D eigenvalue weighted by molar-refractivity contribution is 4.84. The zero-order valence-corrected chi connectivity index (χ0v) is 10.8. The Balaban J connectivity index is 1.82. The second-order valence-electron chi connectivity index (χ2n) is 5.19. The van der Waals surface area contributed by atoms with Gasteiger partial charge in [-0.15, -0.1) is 0 Å². The number of rotatable bonds is 9. The molecule has 1 aliphatic rings. The summed E-state index contributed by atoms with van der Waals surface area (Å²) in [6.45, 7) is 9.47. The zero-order chi connectivity index (χ0) is 11.1. The Labute approximate surface area is 95.4 Å². The van der Waals surface area contributed by atoms with Crippen LogP contribution in [0.15, 0.2) is 0 Å². The first-order chi connectivity index (χ1) is 7.24. The van der Waals surface area contributed by atoms with Crippen molar-refractivity contribution in [2.75, 3.05) is 33.2 Å². The fourth-order valence-electron chi connectivity index (χ4n) is 2.04. The van der Waals surface area contributed by atoms with Crippen molar-refractivity contribution >= 4 is 0 Å². The molecule has 0 bridgehead atoms. The predicted octanol–water partition coefficient (Wildman–Crippen LogP) is 2.35. The van der Waals surface area contributed by atoms with E-state index in [2.05, 4.69) is 31.1 Å². The standard InChI is InChI=1S/C13H28N2/c1-4-5-6-7-14-8-9-15(3)11-13-10-12(13)2/h12-14H,4-11H2,1-3H3. The van der Waals surface area contributed by atoms with Crippen molar-refractivity contribution in [1.29, 1.82) is 0 Å². The molecule has 0 aromatic rings. The molecule has 2 unspecified atom stereocenters. The summed E-state index contributed by atoms with van der Waals surface area (Å²) < 4.78 is 0. The number of likely N-dealkylation sites (N-methyl/N-ethyl adjacent to an activating group) is 1. The van der Waals surface area contributed by atoms with Crippen LogP contribution in [-0.4, -0.2) is 38.1 Å². The van der Waals surface area contributed by atoms with Crippen molar-refractivity contribution in [3.05, 3.63) is 0 Å². The molecule has 2 heteroatoms. The third kappa shape index (κ3) is 6.16.